The maximum absolute atomic E-state index is 11.3. The van der Waals surface area contributed by atoms with E-state index in [0.717, 1.165) is 16.8 Å². The first kappa shape index (κ1) is 7.80. The molecule has 1 aliphatic heterocycles. The Labute approximate surface area is 76.6 Å². The SMILES string of the molecule is C=Cc1cccc2c1C(=C)C(=O)N2. The predicted octanol–water partition coefficient (Wildman–Crippen LogP) is 2.29. The van der Waals surface area contributed by atoms with Gasteiger partial charge in [0.2, 0.25) is 0 Å². The van der Waals surface area contributed by atoms with E-state index >= 15 is 0 Å². The molecule has 0 radical (unpaired) electrons. The van der Waals surface area contributed by atoms with Crippen molar-refractivity contribution in [3.8, 4) is 0 Å². The standard InChI is InChI=1S/C11H9NO/c1-3-8-5-4-6-9-10(8)7(2)11(13)12-9/h3-6H,1-2H2,(H,12,13). The van der Waals surface area contributed by atoms with E-state index in [2.05, 4.69) is 18.5 Å². The lowest BCUT2D eigenvalue weighted by molar-refractivity contribution is -0.110. The Kier molecular flexibility index (Phi) is 1.55. The molecule has 0 aliphatic carbocycles. The number of carbonyl (C=O) groups is 1. The van der Waals surface area contributed by atoms with Crippen LogP contribution < -0.4 is 5.32 Å². The molecule has 0 fully saturated rings. The van der Waals surface area contributed by atoms with Gasteiger partial charge in [0.1, 0.15) is 0 Å². The molecule has 0 spiro atoms. The average Bonchev–Trinajstić information content (AvgIpc) is 2.43. The van der Waals surface area contributed by atoms with Gasteiger partial charge in [-0.25, -0.2) is 0 Å². The molecule has 2 nitrogen and oxygen atoms in total. The van der Waals surface area contributed by atoms with Gasteiger partial charge < -0.3 is 5.32 Å². The molecule has 2 heteroatoms. The molecule has 0 aromatic heterocycles. The van der Waals surface area contributed by atoms with Crippen molar-refractivity contribution in [2.24, 2.45) is 0 Å². The highest BCUT2D eigenvalue weighted by atomic mass is 16.1. The first-order chi connectivity index (χ1) is 6.24. The lowest BCUT2D eigenvalue weighted by atomic mass is 10.0. The van der Waals surface area contributed by atoms with Crippen LogP contribution in [-0.4, -0.2) is 5.91 Å². The zero-order valence-electron chi connectivity index (χ0n) is 7.13. The van der Waals surface area contributed by atoms with E-state index < -0.39 is 0 Å². The molecule has 0 saturated carbocycles. The first-order valence-electron chi connectivity index (χ1n) is 4.00. The molecule has 13 heavy (non-hydrogen) atoms. The van der Waals surface area contributed by atoms with Crippen LogP contribution in [0.5, 0.6) is 0 Å². The Morgan fingerprint density at radius 1 is 1.38 bits per heavy atom. The summed E-state index contributed by atoms with van der Waals surface area (Å²) in [5, 5.41) is 2.74. The van der Waals surface area contributed by atoms with E-state index in [9.17, 15) is 4.79 Å². The molecule has 0 atom stereocenters. The summed E-state index contributed by atoms with van der Waals surface area (Å²) in [6.07, 6.45) is 1.73. The largest absolute Gasteiger partial charge is 0.321 e. The summed E-state index contributed by atoms with van der Waals surface area (Å²) in [6, 6.07) is 5.66. The van der Waals surface area contributed by atoms with Crippen molar-refractivity contribution in [1.82, 2.24) is 0 Å². The number of hydrogen-bond acceptors (Lipinski definition) is 1. The first-order valence-corrected chi connectivity index (χ1v) is 4.00. The highest BCUT2D eigenvalue weighted by molar-refractivity contribution is 6.31. The van der Waals surface area contributed by atoms with Crippen LogP contribution in [0.15, 0.2) is 31.4 Å². The fraction of sp³-hybridized carbons (Fsp3) is 0. The van der Waals surface area contributed by atoms with Crippen molar-refractivity contribution in [2.75, 3.05) is 5.32 Å². The lowest BCUT2D eigenvalue weighted by Gasteiger charge is -2.01. The van der Waals surface area contributed by atoms with Crippen molar-refractivity contribution < 1.29 is 4.79 Å². The Balaban J connectivity index is 2.71. The minimum atomic E-state index is -0.121. The molecule has 0 bridgehead atoms. The summed E-state index contributed by atoms with van der Waals surface area (Å²) >= 11 is 0. The summed E-state index contributed by atoms with van der Waals surface area (Å²) in [5.41, 5.74) is 3.17. The highest BCUT2D eigenvalue weighted by Gasteiger charge is 2.23. The smallest absolute Gasteiger partial charge is 0.255 e. The zero-order chi connectivity index (χ0) is 9.42. The van der Waals surface area contributed by atoms with Crippen molar-refractivity contribution in [1.29, 1.82) is 0 Å². The highest BCUT2D eigenvalue weighted by Crippen LogP contribution is 2.33. The predicted molar refractivity (Wildman–Crippen MR) is 54.2 cm³/mol. The number of nitrogens with one attached hydrogen (secondary N) is 1. The second-order valence-corrected chi connectivity index (χ2v) is 2.91. The van der Waals surface area contributed by atoms with Gasteiger partial charge in [-0.05, 0) is 11.6 Å². The number of rotatable bonds is 1. The van der Waals surface area contributed by atoms with Gasteiger partial charge >= 0.3 is 0 Å². The Hall–Kier alpha value is -1.83. The minimum absolute atomic E-state index is 0.121. The molecule has 1 amide bonds. The van der Waals surface area contributed by atoms with E-state index in [0.29, 0.717) is 5.57 Å². The number of hydrogen-bond donors (Lipinski definition) is 1. The molecule has 0 saturated heterocycles. The number of anilines is 1. The van der Waals surface area contributed by atoms with Gasteiger partial charge in [-0.3, -0.25) is 4.79 Å². The third-order valence-electron chi connectivity index (χ3n) is 2.14. The quantitative estimate of drug-likeness (QED) is 0.645. The van der Waals surface area contributed by atoms with Gasteiger partial charge in [-0.2, -0.15) is 0 Å². The van der Waals surface area contributed by atoms with Crippen LogP contribution in [0, 0.1) is 0 Å². The second kappa shape index (κ2) is 2.59. The van der Waals surface area contributed by atoms with Crippen molar-refractivity contribution in [3.05, 3.63) is 42.5 Å². The van der Waals surface area contributed by atoms with E-state index in [1.807, 2.05) is 18.2 Å². The van der Waals surface area contributed by atoms with Crippen LogP contribution >= 0.6 is 0 Å². The molecular weight excluding hydrogens is 162 g/mol. The van der Waals surface area contributed by atoms with Gasteiger partial charge in [-0.15, -0.1) is 0 Å². The van der Waals surface area contributed by atoms with E-state index in [1.54, 1.807) is 6.08 Å². The number of fused-ring (bicyclic) bond motifs is 1. The van der Waals surface area contributed by atoms with Gasteiger partial charge in [0.25, 0.3) is 5.91 Å². The average molecular weight is 171 g/mol. The Morgan fingerprint density at radius 2 is 2.15 bits per heavy atom. The van der Waals surface area contributed by atoms with Gasteiger partial charge in [-0.1, -0.05) is 31.4 Å². The Morgan fingerprint density at radius 3 is 2.85 bits per heavy atom. The summed E-state index contributed by atoms with van der Waals surface area (Å²) in [7, 11) is 0. The monoisotopic (exact) mass is 171 g/mol. The van der Waals surface area contributed by atoms with Crippen LogP contribution in [-0.2, 0) is 4.79 Å². The maximum atomic E-state index is 11.3. The minimum Gasteiger partial charge on any atom is -0.321 e. The second-order valence-electron chi connectivity index (χ2n) is 2.91. The number of amides is 1. The molecule has 1 heterocycles. The molecule has 64 valence electrons. The zero-order valence-corrected chi connectivity index (χ0v) is 7.13. The molecular formula is C11H9NO. The van der Waals surface area contributed by atoms with E-state index in [4.69, 9.17) is 0 Å². The van der Waals surface area contributed by atoms with Gasteiger partial charge in [0.15, 0.2) is 0 Å². The van der Waals surface area contributed by atoms with Crippen molar-refractivity contribution >= 4 is 23.2 Å². The third-order valence-corrected chi connectivity index (χ3v) is 2.14. The van der Waals surface area contributed by atoms with Crippen molar-refractivity contribution in [2.45, 2.75) is 0 Å². The third kappa shape index (κ3) is 0.991. The van der Waals surface area contributed by atoms with Crippen LogP contribution in [0.1, 0.15) is 11.1 Å². The Bertz CT molecular complexity index is 418. The fourth-order valence-corrected chi connectivity index (χ4v) is 1.49. The van der Waals surface area contributed by atoms with Gasteiger partial charge in [0.05, 0.1) is 0 Å². The van der Waals surface area contributed by atoms with E-state index in [-0.39, 0.29) is 5.91 Å². The normalized spacial score (nSPS) is 13.8. The van der Waals surface area contributed by atoms with Crippen LogP contribution in [0.25, 0.3) is 11.6 Å². The van der Waals surface area contributed by atoms with E-state index in [1.165, 1.54) is 0 Å². The molecule has 0 unspecified atom stereocenters. The molecule has 2 rings (SSSR count). The molecule has 1 aromatic carbocycles. The fourth-order valence-electron chi connectivity index (χ4n) is 1.49. The van der Waals surface area contributed by atoms with Crippen molar-refractivity contribution in [3.63, 3.8) is 0 Å². The molecule has 1 aliphatic rings. The topological polar surface area (TPSA) is 29.1 Å². The summed E-state index contributed by atoms with van der Waals surface area (Å²) in [5.74, 6) is -0.121. The lowest BCUT2D eigenvalue weighted by Crippen LogP contribution is -2.02. The number of benzene rings is 1. The van der Waals surface area contributed by atoms with Crippen LogP contribution in [0.2, 0.25) is 0 Å². The van der Waals surface area contributed by atoms with Gasteiger partial charge in [0, 0.05) is 16.8 Å². The molecule has 1 N–H and O–H groups in total. The number of carbonyl (C=O) groups excluding carboxylic acids is 1. The van der Waals surface area contributed by atoms with Crippen LogP contribution in [0.4, 0.5) is 5.69 Å². The maximum Gasteiger partial charge on any atom is 0.255 e. The summed E-state index contributed by atoms with van der Waals surface area (Å²) < 4.78 is 0. The summed E-state index contributed by atoms with van der Waals surface area (Å²) in [4.78, 5) is 11.3. The molecule has 1 aromatic rings. The van der Waals surface area contributed by atoms with Crippen LogP contribution in [0.3, 0.4) is 0 Å². The summed E-state index contributed by atoms with van der Waals surface area (Å²) in [6.45, 7) is 7.41.